The van der Waals surface area contributed by atoms with Crippen molar-refractivity contribution in [3.05, 3.63) is 17.5 Å². The lowest BCUT2D eigenvalue weighted by Crippen LogP contribution is -2.48. The first kappa shape index (κ1) is 11.6. The molecule has 1 fully saturated rings. The number of hydrogen-bond acceptors (Lipinski definition) is 3. The van der Waals surface area contributed by atoms with E-state index in [0.717, 1.165) is 38.4 Å². The van der Waals surface area contributed by atoms with Gasteiger partial charge in [0.25, 0.3) is 0 Å². The molecule has 1 saturated heterocycles. The van der Waals surface area contributed by atoms with Crippen LogP contribution in [0, 0.1) is 6.92 Å². The summed E-state index contributed by atoms with van der Waals surface area (Å²) in [6.07, 6.45) is 0. The predicted molar refractivity (Wildman–Crippen MR) is 65.4 cm³/mol. The van der Waals surface area contributed by atoms with Crippen molar-refractivity contribution in [3.63, 3.8) is 0 Å². The summed E-state index contributed by atoms with van der Waals surface area (Å²) >= 11 is 0. The third-order valence-corrected chi connectivity index (χ3v) is 3.12. The van der Waals surface area contributed by atoms with Gasteiger partial charge in [-0.3, -0.25) is 9.58 Å². The van der Waals surface area contributed by atoms with Gasteiger partial charge in [0.2, 0.25) is 0 Å². The van der Waals surface area contributed by atoms with Crippen LogP contribution in [0.1, 0.15) is 25.2 Å². The zero-order valence-corrected chi connectivity index (χ0v) is 10.5. The van der Waals surface area contributed by atoms with E-state index in [1.54, 1.807) is 0 Å². The van der Waals surface area contributed by atoms with Crippen LogP contribution in [0.4, 0.5) is 0 Å². The highest BCUT2D eigenvalue weighted by molar-refractivity contribution is 5.09. The summed E-state index contributed by atoms with van der Waals surface area (Å²) in [6.45, 7) is 11.8. The van der Waals surface area contributed by atoms with E-state index in [1.165, 1.54) is 5.69 Å². The Morgan fingerprint density at radius 2 is 2.38 bits per heavy atom. The Labute approximate surface area is 97.6 Å². The Bertz CT molecular complexity index is 345. The third kappa shape index (κ3) is 2.62. The summed E-state index contributed by atoms with van der Waals surface area (Å²) in [6, 6.07) is 2.81. The van der Waals surface area contributed by atoms with E-state index >= 15 is 0 Å². The average molecular weight is 222 g/mol. The monoisotopic (exact) mass is 222 g/mol. The third-order valence-electron chi connectivity index (χ3n) is 3.12. The first-order chi connectivity index (χ1) is 7.69. The van der Waals surface area contributed by atoms with Crippen molar-refractivity contribution in [2.75, 3.05) is 19.6 Å². The zero-order valence-electron chi connectivity index (χ0n) is 10.5. The molecule has 1 N–H and O–H groups in total. The van der Waals surface area contributed by atoms with Crippen LogP contribution in [0.2, 0.25) is 0 Å². The lowest BCUT2D eigenvalue weighted by Gasteiger charge is -2.31. The Kier molecular flexibility index (Phi) is 3.61. The smallest absolute Gasteiger partial charge is 0.0597 e. The molecule has 0 unspecified atom stereocenters. The molecule has 1 aliphatic rings. The minimum absolute atomic E-state index is 0.604. The number of nitrogens with zero attached hydrogens (tertiary/aromatic N) is 3. The van der Waals surface area contributed by atoms with E-state index in [1.807, 2.05) is 0 Å². The standard InChI is InChI=1S/C12H22N4/c1-4-16-12(7-10(2)14-16)9-15-6-5-13-11(3)8-15/h7,11,13H,4-6,8-9H2,1-3H3/t11-/m0/s1. The highest BCUT2D eigenvalue weighted by atomic mass is 15.3. The van der Waals surface area contributed by atoms with Gasteiger partial charge in [-0.2, -0.15) is 5.10 Å². The normalized spacial score (nSPS) is 22.6. The maximum absolute atomic E-state index is 4.49. The van der Waals surface area contributed by atoms with Crippen molar-refractivity contribution in [2.24, 2.45) is 0 Å². The average Bonchev–Trinajstić information content (AvgIpc) is 2.59. The Morgan fingerprint density at radius 3 is 3.06 bits per heavy atom. The van der Waals surface area contributed by atoms with Crippen LogP contribution in [0.15, 0.2) is 6.07 Å². The van der Waals surface area contributed by atoms with Gasteiger partial charge >= 0.3 is 0 Å². The quantitative estimate of drug-likeness (QED) is 0.828. The highest BCUT2D eigenvalue weighted by Gasteiger charge is 2.17. The van der Waals surface area contributed by atoms with Gasteiger partial charge in [-0.25, -0.2) is 0 Å². The van der Waals surface area contributed by atoms with E-state index in [4.69, 9.17) is 0 Å². The number of rotatable bonds is 3. The molecule has 2 heterocycles. The van der Waals surface area contributed by atoms with Crippen LogP contribution in [0.3, 0.4) is 0 Å². The molecular formula is C12H22N4. The minimum Gasteiger partial charge on any atom is -0.312 e. The van der Waals surface area contributed by atoms with Gasteiger partial charge in [0.1, 0.15) is 0 Å². The van der Waals surface area contributed by atoms with Gasteiger partial charge in [-0.1, -0.05) is 0 Å². The number of nitrogens with one attached hydrogen (secondary N) is 1. The molecular weight excluding hydrogens is 200 g/mol. The van der Waals surface area contributed by atoms with Crippen molar-refractivity contribution in [1.82, 2.24) is 20.0 Å². The maximum atomic E-state index is 4.49. The molecule has 4 nitrogen and oxygen atoms in total. The summed E-state index contributed by atoms with van der Waals surface area (Å²) in [5.41, 5.74) is 2.47. The summed E-state index contributed by atoms with van der Waals surface area (Å²) in [7, 11) is 0. The van der Waals surface area contributed by atoms with E-state index in [-0.39, 0.29) is 0 Å². The van der Waals surface area contributed by atoms with E-state index in [2.05, 4.69) is 46.8 Å². The van der Waals surface area contributed by atoms with E-state index in [0.29, 0.717) is 6.04 Å². The van der Waals surface area contributed by atoms with Crippen LogP contribution in [-0.4, -0.2) is 40.4 Å². The lowest BCUT2D eigenvalue weighted by atomic mass is 10.2. The largest absolute Gasteiger partial charge is 0.312 e. The fraction of sp³-hybridized carbons (Fsp3) is 0.750. The fourth-order valence-electron chi connectivity index (χ4n) is 2.39. The Balaban J connectivity index is 2.02. The molecule has 0 aliphatic carbocycles. The number of hydrogen-bond donors (Lipinski definition) is 1. The van der Waals surface area contributed by atoms with Gasteiger partial charge in [0, 0.05) is 38.8 Å². The first-order valence-corrected chi connectivity index (χ1v) is 6.18. The topological polar surface area (TPSA) is 33.1 Å². The van der Waals surface area contributed by atoms with Crippen molar-refractivity contribution >= 4 is 0 Å². The molecule has 90 valence electrons. The fourth-order valence-corrected chi connectivity index (χ4v) is 2.39. The molecule has 0 spiro atoms. The van der Waals surface area contributed by atoms with Gasteiger partial charge < -0.3 is 5.32 Å². The zero-order chi connectivity index (χ0) is 11.5. The van der Waals surface area contributed by atoms with Crippen LogP contribution in [0.25, 0.3) is 0 Å². The van der Waals surface area contributed by atoms with Crippen LogP contribution < -0.4 is 5.32 Å². The maximum Gasteiger partial charge on any atom is 0.0597 e. The van der Waals surface area contributed by atoms with Crippen molar-refractivity contribution in [1.29, 1.82) is 0 Å². The summed E-state index contributed by atoms with van der Waals surface area (Å²) < 4.78 is 2.11. The second kappa shape index (κ2) is 4.97. The second-order valence-corrected chi connectivity index (χ2v) is 4.68. The van der Waals surface area contributed by atoms with E-state index in [9.17, 15) is 0 Å². The first-order valence-electron chi connectivity index (χ1n) is 6.18. The van der Waals surface area contributed by atoms with Crippen LogP contribution in [0.5, 0.6) is 0 Å². The van der Waals surface area contributed by atoms with E-state index < -0.39 is 0 Å². The Hall–Kier alpha value is -0.870. The van der Waals surface area contributed by atoms with Crippen LogP contribution in [-0.2, 0) is 13.1 Å². The van der Waals surface area contributed by atoms with Crippen molar-refractivity contribution in [2.45, 2.75) is 39.9 Å². The summed E-state index contributed by atoms with van der Waals surface area (Å²) in [5.74, 6) is 0. The van der Waals surface area contributed by atoms with Crippen LogP contribution >= 0.6 is 0 Å². The molecule has 1 atom stereocenters. The number of piperazine rings is 1. The van der Waals surface area contributed by atoms with Gasteiger partial charge in [-0.05, 0) is 26.8 Å². The molecule has 0 aromatic carbocycles. The molecule has 1 aromatic rings. The second-order valence-electron chi connectivity index (χ2n) is 4.68. The SMILES string of the molecule is CCn1nc(C)cc1CN1CCN[C@@H](C)C1. The highest BCUT2D eigenvalue weighted by Crippen LogP contribution is 2.09. The summed E-state index contributed by atoms with van der Waals surface area (Å²) in [5, 5.41) is 7.96. The summed E-state index contributed by atoms with van der Waals surface area (Å²) in [4.78, 5) is 2.50. The van der Waals surface area contributed by atoms with Gasteiger partial charge in [0.05, 0.1) is 11.4 Å². The number of aromatic nitrogens is 2. The lowest BCUT2D eigenvalue weighted by molar-refractivity contribution is 0.194. The number of aryl methyl sites for hydroxylation is 2. The van der Waals surface area contributed by atoms with Crippen molar-refractivity contribution in [3.8, 4) is 0 Å². The molecule has 16 heavy (non-hydrogen) atoms. The predicted octanol–water partition coefficient (Wildman–Crippen LogP) is 1.01. The van der Waals surface area contributed by atoms with Crippen molar-refractivity contribution < 1.29 is 0 Å². The molecule has 1 aliphatic heterocycles. The van der Waals surface area contributed by atoms with Gasteiger partial charge in [0.15, 0.2) is 0 Å². The molecule has 0 saturated carbocycles. The molecule has 0 amide bonds. The molecule has 0 bridgehead atoms. The molecule has 4 heteroatoms. The molecule has 2 rings (SSSR count). The Morgan fingerprint density at radius 1 is 1.56 bits per heavy atom. The van der Waals surface area contributed by atoms with Gasteiger partial charge in [-0.15, -0.1) is 0 Å². The minimum atomic E-state index is 0.604. The molecule has 0 radical (unpaired) electrons. The molecule has 1 aromatic heterocycles.